The smallest absolute Gasteiger partial charge is 0.0326 e. The minimum atomic E-state index is 1.10. The van der Waals surface area contributed by atoms with Gasteiger partial charge in [0.05, 0.1) is 0 Å². The van der Waals surface area contributed by atoms with Crippen molar-refractivity contribution in [2.75, 3.05) is 0 Å². The summed E-state index contributed by atoms with van der Waals surface area (Å²) in [6.07, 6.45) is 4.78. The first-order valence-corrected chi connectivity index (χ1v) is 4.36. The highest BCUT2D eigenvalue weighted by Crippen LogP contribution is 2.67. The van der Waals surface area contributed by atoms with Crippen molar-refractivity contribution < 1.29 is 0 Å². The van der Waals surface area contributed by atoms with Crippen molar-refractivity contribution in [2.24, 2.45) is 29.6 Å². The van der Waals surface area contributed by atoms with Crippen LogP contribution < -0.4 is 0 Å². The molecule has 0 bridgehead atoms. The second-order valence-corrected chi connectivity index (χ2v) is 4.45. The van der Waals surface area contributed by atoms with E-state index in [1.54, 1.807) is 19.3 Å². The molecule has 3 aliphatic rings. The lowest BCUT2D eigenvalue weighted by Gasteiger charge is -2.53. The van der Waals surface area contributed by atoms with Gasteiger partial charge in [0, 0.05) is 0 Å². The summed E-state index contributed by atoms with van der Waals surface area (Å²) < 4.78 is 0. The quantitative estimate of drug-likeness (QED) is 0.462. The van der Waals surface area contributed by atoms with Crippen LogP contribution in [0.25, 0.3) is 0 Å². The molecule has 0 amide bonds. The third kappa shape index (κ3) is 0.367. The average Bonchev–Trinajstić information content (AvgIpc) is 2.01. The molecule has 0 heteroatoms. The van der Waals surface area contributed by atoms with Gasteiger partial charge in [-0.05, 0) is 48.9 Å². The number of hydrogen-bond acceptors (Lipinski definition) is 0. The molecular formula is C9H14. The predicted octanol–water partition coefficient (Wildman–Crippen LogP) is 2.30. The molecule has 0 aromatic carbocycles. The molecule has 0 aromatic rings. The molecule has 0 saturated heterocycles. The molecule has 3 aliphatic carbocycles. The van der Waals surface area contributed by atoms with Crippen LogP contribution in [0.5, 0.6) is 0 Å². The Kier molecular flexibility index (Phi) is 0.640. The van der Waals surface area contributed by atoms with E-state index in [-0.39, 0.29) is 0 Å². The van der Waals surface area contributed by atoms with Gasteiger partial charge >= 0.3 is 0 Å². The van der Waals surface area contributed by atoms with E-state index < -0.39 is 0 Å². The van der Waals surface area contributed by atoms with Crippen molar-refractivity contribution in [1.29, 1.82) is 0 Å². The Labute approximate surface area is 56.6 Å². The van der Waals surface area contributed by atoms with Crippen LogP contribution in [-0.4, -0.2) is 0 Å². The fourth-order valence-electron chi connectivity index (χ4n) is 3.67. The van der Waals surface area contributed by atoms with Gasteiger partial charge < -0.3 is 0 Å². The summed E-state index contributed by atoms with van der Waals surface area (Å²) in [7, 11) is 0. The Hall–Kier alpha value is 0. The van der Waals surface area contributed by atoms with E-state index in [1.165, 1.54) is 23.7 Å². The molecule has 0 N–H and O–H groups in total. The topological polar surface area (TPSA) is 0 Å². The van der Waals surface area contributed by atoms with Crippen LogP contribution in [-0.2, 0) is 0 Å². The summed E-state index contributed by atoms with van der Waals surface area (Å²) in [5.41, 5.74) is 0. The van der Waals surface area contributed by atoms with Crippen molar-refractivity contribution in [2.45, 2.75) is 26.2 Å². The van der Waals surface area contributed by atoms with Crippen LogP contribution in [0.4, 0.5) is 0 Å². The van der Waals surface area contributed by atoms with E-state index in [9.17, 15) is 0 Å². The molecule has 0 aromatic heterocycles. The minimum absolute atomic E-state index is 1.10. The highest BCUT2D eigenvalue weighted by Gasteiger charge is 2.59. The van der Waals surface area contributed by atoms with Gasteiger partial charge in [0.15, 0.2) is 0 Å². The largest absolute Gasteiger partial charge is 0.0622 e. The highest BCUT2D eigenvalue weighted by atomic mass is 14.6. The fraction of sp³-hybridized carbons (Fsp3) is 1.00. The van der Waals surface area contributed by atoms with Crippen LogP contribution in [0.3, 0.4) is 0 Å². The van der Waals surface area contributed by atoms with E-state index in [0.717, 1.165) is 5.92 Å². The van der Waals surface area contributed by atoms with Crippen LogP contribution in [0.1, 0.15) is 26.2 Å². The standard InChI is InChI=1S/C9H14/c1-5-2-6-3-7-4-8(5)9(6)7/h5-9H,2-4H2,1H3/t5-,6?,7?,8?,9?/m0/s1. The Morgan fingerprint density at radius 3 is 2.33 bits per heavy atom. The monoisotopic (exact) mass is 122 g/mol. The van der Waals surface area contributed by atoms with Crippen molar-refractivity contribution in [1.82, 2.24) is 0 Å². The predicted molar refractivity (Wildman–Crippen MR) is 37.0 cm³/mol. The average molecular weight is 122 g/mol. The maximum Gasteiger partial charge on any atom is -0.0326 e. The lowest BCUT2D eigenvalue weighted by Crippen LogP contribution is -2.46. The fourth-order valence-corrected chi connectivity index (χ4v) is 3.67. The zero-order valence-electron chi connectivity index (χ0n) is 6.01. The van der Waals surface area contributed by atoms with Crippen LogP contribution in [0, 0.1) is 29.6 Å². The van der Waals surface area contributed by atoms with Crippen molar-refractivity contribution in [3.05, 3.63) is 0 Å². The molecule has 0 aliphatic heterocycles. The third-order valence-electron chi connectivity index (χ3n) is 4.17. The lowest BCUT2D eigenvalue weighted by atomic mass is 9.51. The van der Waals surface area contributed by atoms with Gasteiger partial charge in [-0.1, -0.05) is 6.92 Å². The first kappa shape index (κ1) is 4.76. The zero-order chi connectivity index (χ0) is 6.01. The zero-order valence-corrected chi connectivity index (χ0v) is 6.01. The highest BCUT2D eigenvalue weighted by molar-refractivity contribution is 5.08. The van der Waals surface area contributed by atoms with E-state index in [0.29, 0.717) is 0 Å². The number of rotatable bonds is 0. The maximum atomic E-state index is 2.46. The van der Waals surface area contributed by atoms with E-state index in [1.807, 2.05) is 0 Å². The molecule has 3 fully saturated rings. The Morgan fingerprint density at radius 1 is 1.00 bits per heavy atom. The van der Waals surface area contributed by atoms with E-state index >= 15 is 0 Å². The lowest BCUT2D eigenvalue weighted by molar-refractivity contribution is -0.0469. The summed E-state index contributed by atoms with van der Waals surface area (Å²) in [6.45, 7) is 2.46. The van der Waals surface area contributed by atoms with Crippen LogP contribution in [0.15, 0.2) is 0 Å². The molecule has 5 atom stereocenters. The first-order valence-electron chi connectivity index (χ1n) is 4.36. The summed E-state index contributed by atoms with van der Waals surface area (Å²) >= 11 is 0. The van der Waals surface area contributed by atoms with E-state index in [4.69, 9.17) is 0 Å². The van der Waals surface area contributed by atoms with Crippen LogP contribution in [0.2, 0.25) is 0 Å². The molecule has 0 heterocycles. The Bertz CT molecular complexity index is 146. The summed E-state index contributed by atoms with van der Waals surface area (Å²) in [5, 5.41) is 0. The molecule has 9 heavy (non-hydrogen) atoms. The van der Waals surface area contributed by atoms with Gasteiger partial charge in [-0.3, -0.25) is 0 Å². The Balaban J connectivity index is 1.93. The van der Waals surface area contributed by atoms with E-state index in [2.05, 4.69) is 6.92 Å². The normalized spacial score (nSPS) is 68.3. The first-order chi connectivity index (χ1) is 4.36. The Morgan fingerprint density at radius 2 is 1.78 bits per heavy atom. The second kappa shape index (κ2) is 1.21. The maximum absolute atomic E-state index is 2.46. The van der Waals surface area contributed by atoms with Gasteiger partial charge in [0.1, 0.15) is 0 Å². The molecule has 3 rings (SSSR count). The molecule has 0 nitrogen and oxygen atoms in total. The summed E-state index contributed by atoms with van der Waals surface area (Å²) in [4.78, 5) is 0. The molecule has 0 radical (unpaired) electrons. The van der Waals surface area contributed by atoms with Gasteiger partial charge in [-0.25, -0.2) is 0 Å². The molecular weight excluding hydrogens is 108 g/mol. The number of hydrogen-bond donors (Lipinski definition) is 0. The van der Waals surface area contributed by atoms with Crippen LogP contribution >= 0.6 is 0 Å². The van der Waals surface area contributed by atoms with Crippen molar-refractivity contribution >= 4 is 0 Å². The molecule has 50 valence electrons. The van der Waals surface area contributed by atoms with Crippen molar-refractivity contribution in [3.8, 4) is 0 Å². The minimum Gasteiger partial charge on any atom is -0.0622 e. The van der Waals surface area contributed by atoms with Gasteiger partial charge in [-0.2, -0.15) is 0 Å². The van der Waals surface area contributed by atoms with Gasteiger partial charge in [-0.15, -0.1) is 0 Å². The molecule has 3 saturated carbocycles. The van der Waals surface area contributed by atoms with Crippen molar-refractivity contribution in [3.63, 3.8) is 0 Å². The van der Waals surface area contributed by atoms with Gasteiger partial charge in [0.2, 0.25) is 0 Å². The second-order valence-electron chi connectivity index (χ2n) is 4.45. The van der Waals surface area contributed by atoms with Gasteiger partial charge in [0.25, 0.3) is 0 Å². The third-order valence-corrected chi connectivity index (χ3v) is 4.17. The summed E-state index contributed by atoms with van der Waals surface area (Å²) in [6, 6.07) is 0. The molecule has 0 spiro atoms. The summed E-state index contributed by atoms with van der Waals surface area (Å²) in [5.74, 6) is 5.93. The SMILES string of the molecule is C[C@H]1CC2CC3CC1C32. The molecule has 4 unspecified atom stereocenters.